The van der Waals surface area contributed by atoms with Crippen molar-refractivity contribution in [2.24, 2.45) is 0 Å². The van der Waals surface area contributed by atoms with Crippen molar-refractivity contribution in [3.8, 4) is 0 Å². The van der Waals surface area contributed by atoms with Gasteiger partial charge in [0.05, 0.1) is 6.04 Å². The van der Waals surface area contributed by atoms with Crippen LogP contribution in [0.1, 0.15) is 84.2 Å². The van der Waals surface area contributed by atoms with E-state index in [1.165, 1.54) is 6.42 Å². The van der Waals surface area contributed by atoms with Crippen molar-refractivity contribution in [2.75, 3.05) is 11.4 Å². The van der Waals surface area contributed by atoms with Crippen molar-refractivity contribution < 1.29 is 14.3 Å². The maximum absolute atomic E-state index is 13.0. The molecule has 1 atom stereocenters. The lowest BCUT2D eigenvalue weighted by atomic mass is 9.94. The summed E-state index contributed by atoms with van der Waals surface area (Å²) in [5.74, 6) is 0.737. The van der Waals surface area contributed by atoms with E-state index < -0.39 is 5.60 Å². The molecule has 1 saturated heterocycles. The number of hydrogen-bond acceptors (Lipinski definition) is 4. The molecule has 6 heteroatoms. The van der Waals surface area contributed by atoms with Crippen LogP contribution in [-0.2, 0) is 9.53 Å². The van der Waals surface area contributed by atoms with E-state index in [4.69, 9.17) is 4.74 Å². The van der Waals surface area contributed by atoms with Crippen LogP contribution in [0.15, 0.2) is 18.3 Å². The molecule has 0 N–H and O–H groups in total. The van der Waals surface area contributed by atoms with Crippen LogP contribution in [0.5, 0.6) is 0 Å². The molecule has 1 unspecified atom stereocenters. The molecule has 2 amide bonds. The number of pyridine rings is 1. The Morgan fingerprint density at radius 2 is 1.82 bits per heavy atom. The van der Waals surface area contributed by atoms with E-state index in [0.717, 1.165) is 50.6 Å². The molecule has 154 valence electrons. The molecule has 1 aliphatic carbocycles. The molecule has 1 aliphatic heterocycles. The Morgan fingerprint density at radius 3 is 2.39 bits per heavy atom. The molecule has 0 radical (unpaired) electrons. The van der Waals surface area contributed by atoms with Gasteiger partial charge < -0.3 is 9.64 Å². The molecule has 1 aromatic heterocycles. The summed E-state index contributed by atoms with van der Waals surface area (Å²) in [6, 6.07) is 4.13. The van der Waals surface area contributed by atoms with E-state index in [0.29, 0.717) is 5.82 Å². The number of carbonyl (C=O) groups excluding carboxylic acids is 2. The van der Waals surface area contributed by atoms with Gasteiger partial charge in [-0.3, -0.25) is 9.69 Å². The smallest absolute Gasteiger partial charge is 0.416 e. The summed E-state index contributed by atoms with van der Waals surface area (Å²) in [5.41, 5.74) is 0.486. The number of aromatic nitrogens is 1. The zero-order valence-electron chi connectivity index (χ0n) is 17.6. The van der Waals surface area contributed by atoms with E-state index in [-0.39, 0.29) is 24.1 Å². The average molecular weight is 388 g/mol. The first-order chi connectivity index (χ1) is 13.3. The Hall–Kier alpha value is -2.11. The lowest BCUT2D eigenvalue weighted by Gasteiger charge is -2.35. The van der Waals surface area contributed by atoms with E-state index >= 15 is 0 Å². The highest BCUT2D eigenvalue weighted by Gasteiger charge is 2.32. The largest absolute Gasteiger partial charge is 0.443 e. The number of rotatable bonds is 3. The van der Waals surface area contributed by atoms with Gasteiger partial charge in [0.25, 0.3) is 0 Å². The monoisotopic (exact) mass is 387 g/mol. The summed E-state index contributed by atoms with van der Waals surface area (Å²) >= 11 is 0. The number of carbonyl (C=O) groups is 2. The Kier molecular flexibility index (Phi) is 6.26. The highest BCUT2D eigenvalue weighted by Crippen LogP contribution is 2.33. The van der Waals surface area contributed by atoms with Crippen molar-refractivity contribution in [3.63, 3.8) is 0 Å². The number of anilines is 1. The van der Waals surface area contributed by atoms with Gasteiger partial charge in [-0.05, 0) is 58.1 Å². The number of likely N-dealkylation sites (tertiary alicyclic amines) is 1. The molecular weight excluding hydrogens is 354 g/mol. The molecule has 28 heavy (non-hydrogen) atoms. The molecule has 2 fully saturated rings. The van der Waals surface area contributed by atoms with E-state index in [1.807, 2.05) is 44.0 Å². The first-order valence-corrected chi connectivity index (χ1v) is 10.5. The minimum Gasteiger partial charge on any atom is -0.443 e. The van der Waals surface area contributed by atoms with Gasteiger partial charge in [0.2, 0.25) is 5.91 Å². The maximum atomic E-state index is 13.0. The average Bonchev–Trinajstić information content (AvgIpc) is 3.12. The van der Waals surface area contributed by atoms with E-state index in [2.05, 4.69) is 4.98 Å². The predicted molar refractivity (Wildman–Crippen MR) is 109 cm³/mol. The van der Waals surface area contributed by atoms with E-state index in [9.17, 15) is 9.59 Å². The van der Waals surface area contributed by atoms with Crippen LogP contribution in [0, 0.1) is 0 Å². The van der Waals surface area contributed by atoms with Crippen LogP contribution in [-0.4, -0.2) is 40.1 Å². The fraction of sp³-hybridized carbons (Fsp3) is 0.682. The first-order valence-electron chi connectivity index (χ1n) is 10.5. The summed E-state index contributed by atoms with van der Waals surface area (Å²) in [7, 11) is 0. The number of hydrogen-bond donors (Lipinski definition) is 0. The molecule has 6 nitrogen and oxygen atoms in total. The molecule has 0 spiro atoms. The minimum atomic E-state index is -0.546. The van der Waals surface area contributed by atoms with Crippen LogP contribution in [0.25, 0.3) is 0 Å². The van der Waals surface area contributed by atoms with Gasteiger partial charge >= 0.3 is 6.09 Å². The van der Waals surface area contributed by atoms with Crippen LogP contribution < -0.4 is 4.90 Å². The van der Waals surface area contributed by atoms with Gasteiger partial charge in [-0.2, -0.15) is 0 Å². The van der Waals surface area contributed by atoms with Gasteiger partial charge in [0.1, 0.15) is 11.4 Å². The summed E-state index contributed by atoms with van der Waals surface area (Å²) in [4.78, 5) is 33.1. The van der Waals surface area contributed by atoms with Crippen LogP contribution in [0.4, 0.5) is 10.6 Å². The Bertz CT molecular complexity index is 690. The predicted octanol–water partition coefficient (Wildman–Crippen LogP) is 4.84. The third kappa shape index (κ3) is 4.83. The normalized spacial score (nSPS) is 20.9. The van der Waals surface area contributed by atoms with Crippen LogP contribution in [0.2, 0.25) is 0 Å². The second kappa shape index (κ2) is 8.50. The minimum absolute atomic E-state index is 0.0868. The van der Waals surface area contributed by atoms with Gasteiger partial charge in [-0.15, -0.1) is 0 Å². The van der Waals surface area contributed by atoms with Crippen LogP contribution >= 0.6 is 0 Å². The highest BCUT2D eigenvalue weighted by molar-refractivity contribution is 5.87. The molecule has 1 aromatic rings. The quantitative estimate of drug-likeness (QED) is 0.744. The van der Waals surface area contributed by atoms with Crippen molar-refractivity contribution >= 4 is 17.8 Å². The van der Waals surface area contributed by atoms with Crippen molar-refractivity contribution in [2.45, 2.75) is 90.3 Å². The summed E-state index contributed by atoms with van der Waals surface area (Å²) in [5, 5.41) is 0. The molecule has 0 bridgehead atoms. The third-order valence-corrected chi connectivity index (χ3v) is 5.59. The summed E-state index contributed by atoms with van der Waals surface area (Å²) < 4.78 is 5.68. The Balaban J connectivity index is 1.83. The topological polar surface area (TPSA) is 62.7 Å². The third-order valence-electron chi connectivity index (χ3n) is 5.59. The molecule has 3 rings (SSSR count). The zero-order valence-corrected chi connectivity index (χ0v) is 17.6. The molecule has 2 heterocycles. The second-order valence-corrected chi connectivity index (χ2v) is 8.96. The second-order valence-electron chi connectivity index (χ2n) is 8.96. The maximum Gasteiger partial charge on any atom is 0.416 e. The fourth-order valence-corrected chi connectivity index (χ4v) is 4.31. The summed E-state index contributed by atoms with van der Waals surface area (Å²) in [6.45, 7) is 8.08. The van der Waals surface area contributed by atoms with Crippen LogP contribution in [0.3, 0.4) is 0 Å². The van der Waals surface area contributed by atoms with Crippen molar-refractivity contribution in [1.82, 2.24) is 9.88 Å². The molecule has 1 saturated carbocycles. The van der Waals surface area contributed by atoms with Gasteiger partial charge in [0.15, 0.2) is 0 Å². The Labute approximate surface area is 168 Å². The lowest BCUT2D eigenvalue weighted by molar-refractivity contribution is -0.129. The Morgan fingerprint density at radius 1 is 1.11 bits per heavy atom. The lowest BCUT2D eigenvalue weighted by Crippen LogP contribution is -2.45. The van der Waals surface area contributed by atoms with Gasteiger partial charge in [-0.25, -0.2) is 9.78 Å². The van der Waals surface area contributed by atoms with Gasteiger partial charge in [-0.1, -0.05) is 25.3 Å². The van der Waals surface area contributed by atoms with E-state index in [1.54, 1.807) is 11.8 Å². The summed E-state index contributed by atoms with van der Waals surface area (Å²) in [6.07, 6.45) is 8.87. The SMILES string of the molecule is CC(=O)N1CCCC1c1ccc(N(C(=O)OC(C)(C)C)C2CCCCC2)nc1. The number of nitrogens with zero attached hydrogens (tertiary/aromatic N) is 3. The van der Waals surface area contributed by atoms with Crippen molar-refractivity contribution in [3.05, 3.63) is 23.9 Å². The standard InChI is InChI=1S/C22H33N3O3/c1-16(26)24-14-8-11-19(24)17-12-13-20(23-15-17)25(18-9-6-5-7-10-18)21(27)28-22(2,3)4/h12-13,15,18-19H,5-11,14H2,1-4H3. The number of amides is 2. The zero-order chi connectivity index (χ0) is 20.3. The fourth-order valence-electron chi connectivity index (χ4n) is 4.31. The molecule has 0 aromatic carbocycles. The molecule has 2 aliphatic rings. The number of ether oxygens (including phenoxy) is 1. The van der Waals surface area contributed by atoms with Crippen molar-refractivity contribution in [1.29, 1.82) is 0 Å². The van der Waals surface area contributed by atoms with Gasteiger partial charge in [0, 0.05) is 25.7 Å². The highest BCUT2D eigenvalue weighted by atomic mass is 16.6. The molecular formula is C22H33N3O3. The first kappa shape index (κ1) is 20.6.